The number of aliphatic imine (C=N–C) groups is 1. The molecule has 51 heavy (non-hydrogen) atoms. The molecule has 0 radical (unpaired) electrons. The van der Waals surface area contributed by atoms with Gasteiger partial charge in [0, 0.05) is 28.7 Å². The largest absolute Gasteiger partial charge is 0.344 e. The van der Waals surface area contributed by atoms with E-state index in [9.17, 15) is 24.5 Å². The number of aryl methyl sites for hydroxylation is 2. The Kier molecular flexibility index (Phi) is 11.4. The molecule has 3 amide bonds. The van der Waals surface area contributed by atoms with E-state index >= 15 is 0 Å². The maximum Gasteiger partial charge on any atom is 0.285 e. The quantitative estimate of drug-likeness (QED) is 0.0562. The summed E-state index contributed by atoms with van der Waals surface area (Å²) in [5.74, 6) is -1.78. The predicted molar refractivity (Wildman–Crippen MR) is 202 cm³/mol. The highest BCUT2D eigenvalue weighted by molar-refractivity contribution is 8.14. The summed E-state index contributed by atoms with van der Waals surface area (Å²) in [6.45, 7) is 10.8. The first-order valence-electron chi connectivity index (χ1n) is 16.1. The number of thioether (sulfide) groups is 1. The molecule has 0 saturated heterocycles. The van der Waals surface area contributed by atoms with Gasteiger partial charge in [-0.2, -0.15) is 4.99 Å². The minimum absolute atomic E-state index is 0.0108. The second-order valence-electron chi connectivity index (χ2n) is 11.7. The third-order valence-electron chi connectivity index (χ3n) is 8.33. The molecule has 0 unspecified atom stereocenters. The Morgan fingerprint density at radius 3 is 2.24 bits per heavy atom. The lowest BCUT2D eigenvalue weighted by Crippen LogP contribution is -2.42. The van der Waals surface area contributed by atoms with Crippen LogP contribution in [0.4, 0.5) is 5.69 Å². The first-order chi connectivity index (χ1) is 24.5. The number of rotatable bonds is 11. The lowest BCUT2D eigenvalue weighted by Gasteiger charge is -2.28. The number of nitrogens with zero attached hydrogens (tertiary/aromatic N) is 4. The van der Waals surface area contributed by atoms with Gasteiger partial charge in [-0.15, -0.1) is 0 Å². The fourth-order valence-corrected chi connectivity index (χ4v) is 6.62. The molecule has 11 heteroatoms. The third kappa shape index (κ3) is 8.05. The Balaban J connectivity index is 1.46. The summed E-state index contributed by atoms with van der Waals surface area (Å²) < 4.78 is 1.83. The van der Waals surface area contributed by atoms with Crippen molar-refractivity contribution in [2.24, 2.45) is 4.99 Å². The number of amides is 3. The average Bonchev–Trinajstić information content (AvgIpc) is 3.41. The van der Waals surface area contributed by atoms with Gasteiger partial charge in [0.25, 0.3) is 17.5 Å². The summed E-state index contributed by atoms with van der Waals surface area (Å²) in [7, 11) is 0. The number of amidine groups is 1. The number of aromatic nitrogens is 1. The molecule has 0 atom stereocenters. The normalized spacial score (nSPS) is 14.4. The van der Waals surface area contributed by atoms with Gasteiger partial charge in [-0.25, -0.2) is 0 Å². The Bertz CT molecular complexity index is 2090. The zero-order valence-electron chi connectivity index (χ0n) is 28.7. The van der Waals surface area contributed by atoms with Gasteiger partial charge in [-0.3, -0.25) is 29.4 Å². The maximum atomic E-state index is 14.2. The second kappa shape index (κ2) is 16.1. The zero-order chi connectivity index (χ0) is 36.7. The highest BCUT2D eigenvalue weighted by Gasteiger charge is 2.35. The topological polar surface area (TPSA) is 127 Å². The smallest absolute Gasteiger partial charge is 0.285 e. The van der Waals surface area contributed by atoms with Crippen molar-refractivity contribution in [3.8, 4) is 5.69 Å². The number of allylic oxidation sites excluding steroid dienone is 4. The number of hydrogen-bond acceptors (Lipinski definition) is 6. The number of nitro groups is 1. The number of benzene rings is 3. The molecule has 4 aromatic rings. The van der Waals surface area contributed by atoms with Crippen molar-refractivity contribution in [2.45, 2.75) is 33.7 Å². The van der Waals surface area contributed by atoms with Crippen LogP contribution in [0, 0.1) is 30.9 Å². The fourth-order valence-electron chi connectivity index (χ4n) is 5.81. The Morgan fingerprint density at radius 1 is 1.00 bits per heavy atom. The molecule has 0 saturated carbocycles. The number of carbonyl (C=O) groups excluding carboxylic acids is 3. The van der Waals surface area contributed by atoms with Gasteiger partial charge in [-0.05, 0) is 68.7 Å². The van der Waals surface area contributed by atoms with Crippen LogP contribution in [0.15, 0.2) is 132 Å². The van der Waals surface area contributed by atoms with Gasteiger partial charge < -0.3 is 9.88 Å². The van der Waals surface area contributed by atoms with E-state index in [-0.39, 0.29) is 28.1 Å². The molecule has 3 aromatic carbocycles. The van der Waals surface area contributed by atoms with Gasteiger partial charge in [0.15, 0.2) is 5.17 Å². The molecular weight excluding hydrogens is 663 g/mol. The number of nitro benzene ring substituents is 1. The van der Waals surface area contributed by atoms with Crippen molar-refractivity contribution in [1.29, 1.82) is 0 Å². The number of hydrogen-bond donors (Lipinski definition) is 1. The fraction of sp³-hybridized carbons (Fsp3) is 0.150. The van der Waals surface area contributed by atoms with Gasteiger partial charge in [-0.1, -0.05) is 103 Å². The Labute approximate surface area is 300 Å². The number of nitrogens with one attached hydrogen (secondary N) is 1. The molecule has 0 aliphatic carbocycles. The van der Waals surface area contributed by atoms with Gasteiger partial charge >= 0.3 is 0 Å². The van der Waals surface area contributed by atoms with Gasteiger partial charge in [0.05, 0.1) is 22.4 Å². The molecule has 258 valence electrons. The van der Waals surface area contributed by atoms with Crippen LogP contribution in [0.5, 0.6) is 0 Å². The molecule has 10 nitrogen and oxygen atoms in total. The summed E-state index contributed by atoms with van der Waals surface area (Å²) in [4.78, 5) is 58.0. The van der Waals surface area contributed by atoms with E-state index < -0.39 is 22.8 Å². The monoisotopic (exact) mass is 699 g/mol. The molecule has 0 spiro atoms. The van der Waals surface area contributed by atoms with Crippen molar-refractivity contribution in [3.05, 3.63) is 171 Å². The predicted octanol–water partition coefficient (Wildman–Crippen LogP) is 7.70. The summed E-state index contributed by atoms with van der Waals surface area (Å²) in [6.07, 6.45) is 8.10. The molecule has 5 rings (SSSR count). The third-order valence-corrected chi connectivity index (χ3v) is 9.27. The van der Waals surface area contributed by atoms with Crippen LogP contribution in [0.3, 0.4) is 0 Å². The van der Waals surface area contributed by atoms with Gasteiger partial charge in [0.1, 0.15) is 5.57 Å². The van der Waals surface area contributed by atoms with E-state index in [1.807, 2.05) is 79.1 Å². The van der Waals surface area contributed by atoms with Gasteiger partial charge in [0.2, 0.25) is 5.91 Å². The summed E-state index contributed by atoms with van der Waals surface area (Å²) in [5, 5.41) is 14.8. The van der Waals surface area contributed by atoms with Crippen LogP contribution >= 0.6 is 11.8 Å². The molecule has 1 aliphatic heterocycles. The zero-order valence-corrected chi connectivity index (χ0v) is 29.5. The SMILES string of the molecule is C=C/C=C\C(=C/C)N1C(=O)/C(=C/c2cc(C)n(-c3ccc(C)c([N+](=O)[O-])c3)c2C)C(=O)N=C1SCC(=O)NC(c1ccccc1)c1ccccc1. The van der Waals surface area contributed by atoms with E-state index in [4.69, 9.17) is 0 Å². The van der Waals surface area contributed by atoms with Crippen molar-refractivity contribution >= 4 is 46.4 Å². The lowest BCUT2D eigenvalue weighted by molar-refractivity contribution is -0.385. The highest BCUT2D eigenvalue weighted by Crippen LogP contribution is 2.30. The van der Waals surface area contributed by atoms with Crippen molar-refractivity contribution in [3.63, 3.8) is 0 Å². The van der Waals surface area contributed by atoms with Crippen LogP contribution in [0.2, 0.25) is 0 Å². The van der Waals surface area contributed by atoms with E-state index in [2.05, 4.69) is 16.9 Å². The minimum Gasteiger partial charge on any atom is -0.344 e. The first kappa shape index (κ1) is 36.2. The molecule has 1 aliphatic rings. The second-order valence-corrected chi connectivity index (χ2v) is 12.6. The van der Waals surface area contributed by atoms with Crippen LogP contribution in [-0.2, 0) is 14.4 Å². The summed E-state index contributed by atoms with van der Waals surface area (Å²) >= 11 is 0.986. The highest BCUT2D eigenvalue weighted by atomic mass is 32.2. The Hall–Kier alpha value is -6.07. The van der Waals surface area contributed by atoms with Crippen molar-refractivity contribution < 1.29 is 19.3 Å². The maximum absolute atomic E-state index is 14.2. The molecular formula is C40H37N5O5S. The van der Waals surface area contributed by atoms with Crippen molar-refractivity contribution in [1.82, 2.24) is 14.8 Å². The van der Waals surface area contributed by atoms with Crippen LogP contribution < -0.4 is 5.32 Å². The average molecular weight is 700 g/mol. The first-order valence-corrected chi connectivity index (χ1v) is 17.1. The lowest BCUT2D eigenvalue weighted by atomic mass is 9.99. The summed E-state index contributed by atoms with van der Waals surface area (Å²) in [6, 6.07) is 25.6. The summed E-state index contributed by atoms with van der Waals surface area (Å²) in [5.41, 5.74) is 5.20. The van der Waals surface area contributed by atoms with Crippen LogP contribution in [0.1, 0.15) is 46.6 Å². The molecule has 1 aromatic heterocycles. The van der Waals surface area contributed by atoms with Crippen LogP contribution in [0.25, 0.3) is 11.8 Å². The van der Waals surface area contributed by atoms with E-state index in [0.29, 0.717) is 28.2 Å². The molecule has 1 N–H and O–H groups in total. The minimum atomic E-state index is -0.746. The Morgan fingerprint density at radius 2 is 1.65 bits per heavy atom. The van der Waals surface area contributed by atoms with E-state index in [1.165, 1.54) is 17.0 Å². The molecule has 0 bridgehead atoms. The van der Waals surface area contributed by atoms with E-state index in [0.717, 1.165) is 28.6 Å². The molecule has 2 heterocycles. The van der Waals surface area contributed by atoms with E-state index in [1.54, 1.807) is 56.4 Å². The molecule has 0 fully saturated rings. The number of carbonyl (C=O) groups is 3. The van der Waals surface area contributed by atoms with Crippen LogP contribution in [-0.4, -0.2) is 43.0 Å². The van der Waals surface area contributed by atoms with Crippen molar-refractivity contribution in [2.75, 3.05) is 5.75 Å². The standard InChI is InChI=1S/C40H37N5O5S/c1-6-8-19-32(7-2)44-39(48)34(23-31-22-27(4)43(28(31)5)33-21-20-26(3)35(24-33)45(49)50)38(47)42-40(44)51-25-36(46)41-37(29-15-11-9-12-16-29)30-17-13-10-14-18-30/h6-24,37H,1,25H2,2-5H3,(H,41,46)/b19-8-,32-7+,34-23+.